The van der Waals surface area contributed by atoms with E-state index < -0.39 is 0 Å². The Balaban J connectivity index is 1.84. The topological polar surface area (TPSA) is 26.0 Å². The normalized spacial score (nSPS) is 49.3. The van der Waals surface area contributed by atoms with Gasteiger partial charge in [-0.1, -0.05) is 19.8 Å². The van der Waals surface area contributed by atoms with Gasteiger partial charge in [-0.2, -0.15) is 0 Å². The van der Waals surface area contributed by atoms with Crippen LogP contribution >= 0.6 is 0 Å². The lowest BCUT2D eigenvalue weighted by atomic mass is 10.1. The van der Waals surface area contributed by atoms with Crippen molar-refractivity contribution in [2.45, 2.75) is 38.1 Å². The lowest BCUT2D eigenvalue weighted by molar-refractivity contribution is 0.525. The Hall–Kier alpha value is -0.0400. The highest BCUT2D eigenvalue weighted by molar-refractivity contribution is 5.07. The molecular weight excluding hydrogens is 110 g/mol. The monoisotopic (exact) mass is 125 g/mol. The minimum absolute atomic E-state index is 0.293. The summed E-state index contributed by atoms with van der Waals surface area (Å²) in [7, 11) is 0. The molecule has 2 rings (SSSR count). The molecule has 2 fully saturated rings. The quantitative estimate of drug-likeness (QED) is 0.595. The first kappa shape index (κ1) is 5.72. The van der Waals surface area contributed by atoms with Crippen molar-refractivity contribution in [3.8, 4) is 0 Å². The molecule has 2 unspecified atom stereocenters. The summed E-state index contributed by atoms with van der Waals surface area (Å²) in [5.74, 6) is 1.83. The molecule has 2 aliphatic rings. The highest BCUT2D eigenvalue weighted by Crippen LogP contribution is 2.49. The van der Waals surface area contributed by atoms with Gasteiger partial charge in [0, 0.05) is 5.54 Å². The number of rotatable bonds is 2. The first-order valence-electron chi connectivity index (χ1n) is 3.99. The fraction of sp³-hybridized carbons (Fsp3) is 1.00. The molecular formula is C8H15N. The van der Waals surface area contributed by atoms with E-state index in [1.54, 1.807) is 0 Å². The third kappa shape index (κ3) is 0.983. The zero-order chi connectivity index (χ0) is 6.48. The van der Waals surface area contributed by atoms with Gasteiger partial charge in [-0.25, -0.2) is 0 Å². The van der Waals surface area contributed by atoms with Crippen LogP contribution in [0.1, 0.15) is 32.6 Å². The van der Waals surface area contributed by atoms with Crippen molar-refractivity contribution in [1.29, 1.82) is 0 Å². The minimum atomic E-state index is 0.293. The van der Waals surface area contributed by atoms with E-state index in [1.807, 2.05) is 0 Å². The summed E-state index contributed by atoms with van der Waals surface area (Å²) in [6.07, 6.45) is 5.50. The van der Waals surface area contributed by atoms with Crippen molar-refractivity contribution < 1.29 is 0 Å². The molecule has 1 heteroatoms. The van der Waals surface area contributed by atoms with E-state index in [0.29, 0.717) is 5.54 Å². The van der Waals surface area contributed by atoms with Gasteiger partial charge in [0.15, 0.2) is 0 Å². The molecule has 0 aromatic rings. The molecule has 9 heavy (non-hydrogen) atoms. The first-order valence-corrected chi connectivity index (χ1v) is 3.99. The summed E-state index contributed by atoms with van der Waals surface area (Å²) in [6, 6.07) is 0. The zero-order valence-electron chi connectivity index (χ0n) is 6.06. The molecule has 0 bridgehead atoms. The van der Waals surface area contributed by atoms with Gasteiger partial charge >= 0.3 is 0 Å². The standard InChI is InChI=1S/C8H15N/c1-6-4-8(6,9)5-7-2-3-7/h6-7H,2-5,9H2,1H3. The van der Waals surface area contributed by atoms with Gasteiger partial charge in [-0.3, -0.25) is 0 Å². The van der Waals surface area contributed by atoms with Crippen molar-refractivity contribution in [2.75, 3.05) is 0 Å². The maximum Gasteiger partial charge on any atom is 0.0186 e. The smallest absolute Gasteiger partial charge is 0.0186 e. The van der Waals surface area contributed by atoms with Crippen LogP contribution in [-0.2, 0) is 0 Å². The molecule has 0 heterocycles. The second kappa shape index (κ2) is 1.51. The first-order chi connectivity index (χ1) is 4.21. The van der Waals surface area contributed by atoms with Crippen molar-refractivity contribution in [1.82, 2.24) is 0 Å². The van der Waals surface area contributed by atoms with Crippen LogP contribution in [0, 0.1) is 11.8 Å². The molecule has 0 aromatic carbocycles. The van der Waals surface area contributed by atoms with Crippen molar-refractivity contribution in [3.63, 3.8) is 0 Å². The van der Waals surface area contributed by atoms with Gasteiger partial charge in [0.25, 0.3) is 0 Å². The van der Waals surface area contributed by atoms with E-state index >= 15 is 0 Å². The lowest BCUT2D eigenvalue weighted by Gasteiger charge is -2.06. The summed E-state index contributed by atoms with van der Waals surface area (Å²) < 4.78 is 0. The lowest BCUT2D eigenvalue weighted by Crippen LogP contribution is -2.24. The Morgan fingerprint density at radius 2 is 2.11 bits per heavy atom. The summed E-state index contributed by atoms with van der Waals surface area (Å²) >= 11 is 0. The highest BCUT2D eigenvalue weighted by atomic mass is 14.9. The molecule has 1 nitrogen and oxygen atoms in total. The largest absolute Gasteiger partial charge is 0.325 e. The Morgan fingerprint density at radius 1 is 1.56 bits per heavy atom. The van der Waals surface area contributed by atoms with Crippen LogP contribution in [0.25, 0.3) is 0 Å². The van der Waals surface area contributed by atoms with Crippen LogP contribution in [0.3, 0.4) is 0 Å². The molecule has 2 atom stereocenters. The second-order valence-electron chi connectivity index (χ2n) is 3.99. The molecule has 0 spiro atoms. The van der Waals surface area contributed by atoms with Crippen LogP contribution < -0.4 is 5.73 Å². The Kier molecular flexibility index (Phi) is 0.963. The maximum absolute atomic E-state index is 6.03. The SMILES string of the molecule is CC1CC1(N)CC1CC1. The van der Waals surface area contributed by atoms with E-state index in [4.69, 9.17) is 5.73 Å². The van der Waals surface area contributed by atoms with E-state index in [1.165, 1.54) is 25.7 Å². The van der Waals surface area contributed by atoms with Crippen molar-refractivity contribution in [3.05, 3.63) is 0 Å². The third-order valence-electron chi connectivity index (χ3n) is 2.87. The summed E-state index contributed by atoms with van der Waals surface area (Å²) in [6.45, 7) is 2.27. The number of hydrogen-bond donors (Lipinski definition) is 1. The van der Waals surface area contributed by atoms with Crippen LogP contribution in [0.5, 0.6) is 0 Å². The highest BCUT2D eigenvalue weighted by Gasteiger charge is 2.49. The van der Waals surface area contributed by atoms with Crippen molar-refractivity contribution in [2.24, 2.45) is 17.6 Å². The summed E-state index contributed by atoms with van der Waals surface area (Å²) in [4.78, 5) is 0. The van der Waals surface area contributed by atoms with Gasteiger partial charge in [-0.05, 0) is 24.7 Å². The van der Waals surface area contributed by atoms with Gasteiger partial charge in [0.05, 0.1) is 0 Å². The molecule has 0 amide bonds. The van der Waals surface area contributed by atoms with Gasteiger partial charge in [0.2, 0.25) is 0 Å². The van der Waals surface area contributed by atoms with Crippen molar-refractivity contribution >= 4 is 0 Å². The van der Waals surface area contributed by atoms with Crippen LogP contribution in [0.15, 0.2) is 0 Å². The van der Waals surface area contributed by atoms with Gasteiger partial charge in [0.1, 0.15) is 0 Å². The van der Waals surface area contributed by atoms with E-state index in [2.05, 4.69) is 6.92 Å². The Morgan fingerprint density at radius 3 is 2.44 bits per heavy atom. The predicted octanol–water partition coefficient (Wildman–Crippen LogP) is 1.52. The molecule has 0 aromatic heterocycles. The Bertz CT molecular complexity index is 129. The molecule has 0 aliphatic heterocycles. The third-order valence-corrected chi connectivity index (χ3v) is 2.87. The minimum Gasteiger partial charge on any atom is -0.325 e. The summed E-state index contributed by atoms with van der Waals surface area (Å²) in [5, 5.41) is 0. The summed E-state index contributed by atoms with van der Waals surface area (Å²) in [5.41, 5.74) is 6.32. The average Bonchev–Trinajstić information content (AvgIpc) is 2.56. The fourth-order valence-electron chi connectivity index (χ4n) is 1.66. The van der Waals surface area contributed by atoms with Crippen LogP contribution in [0.4, 0.5) is 0 Å². The van der Waals surface area contributed by atoms with E-state index in [-0.39, 0.29) is 0 Å². The molecule has 2 saturated carbocycles. The molecule has 2 aliphatic carbocycles. The molecule has 0 radical (unpaired) electrons. The van der Waals surface area contributed by atoms with E-state index in [0.717, 1.165) is 11.8 Å². The zero-order valence-corrected chi connectivity index (χ0v) is 6.06. The second-order valence-corrected chi connectivity index (χ2v) is 3.99. The maximum atomic E-state index is 6.03. The number of hydrogen-bond acceptors (Lipinski definition) is 1. The van der Waals surface area contributed by atoms with E-state index in [9.17, 15) is 0 Å². The predicted molar refractivity (Wildman–Crippen MR) is 38.0 cm³/mol. The molecule has 2 N–H and O–H groups in total. The fourth-order valence-corrected chi connectivity index (χ4v) is 1.66. The average molecular weight is 125 g/mol. The molecule has 0 saturated heterocycles. The number of nitrogens with two attached hydrogens (primary N) is 1. The van der Waals surface area contributed by atoms with Crippen LogP contribution in [0.2, 0.25) is 0 Å². The molecule has 52 valence electrons. The van der Waals surface area contributed by atoms with Crippen LogP contribution in [-0.4, -0.2) is 5.54 Å². The van der Waals surface area contributed by atoms with Gasteiger partial charge in [-0.15, -0.1) is 0 Å². The Labute approximate surface area is 56.6 Å². The van der Waals surface area contributed by atoms with Gasteiger partial charge < -0.3 is 5.73 Å².